The predicted octanol–water partition coefficient (Wildman–Crippen LogP) is 3.80. The zero-order chi connectivity index (χ0) is 31.4. The lowest BCUT2D eigenvalue weighted by Crippen LogP contribution is -2.51. The lowest BCUT2D eigenvalue weighted by molar-refractivity contribution is -0.132. The van der Waals surface area contributed by atoms with E-state index in [1.807, 2.05) is 24.3 Å². The molecule has 1 N–H and O–H groups in total. The molecule has 0 aliphatic carbocycles. The SMILES string of the molecule is N#Cc1ccc(C(=O)C=C2NC(Cc3ccncc3)(Cc3ccncc3)C(=O)N2CC2CCN(S(=O)(=O)c3cccs3)C2)cc1. The fourth-order valence-electron chi connectivity index (χ4n) is 5.91. The Labute approximate surface area is 265 Å². The van der Waals surface area contributed by atoms with Crippen LogP contribution in [0, 0.1) is 17.2 Å². The highest BCUT2D eigenvalue weighted by Crippen LogP contribution is 2.34. The Morgan fingerprint density at radius 1 is 1.02 bits per heavy atom. The number of hydrogen-bond donors (Lipinski definition) is 1. The van der Waals surface area contributed by atoms with E-state index in [9.17, 15) is 18.0 Å². The van der Waals surface area contributed by atoms with Crippen molar-refractivity contribution in [3.05, 3.63) is 125 Å². The van der Waals surface area contributed by atoms with Crippen LogP contribution < -0.4 is 5.32 Å². The van der Waals surface area contributed by atoms with Crippen LogP contribution in [-0.2, 0) is 27.7 Å². The second kappa shape index (κ2) is 12.7. The average Bonchev–Trinajstić information content (AvgIpc) is 3.82. The quantitative estimate of drug-likeness (QED) is 0.205. The minimum absolute atomic E-state index is 0.142. The number of nitrogens with zero attached hydrogens (tertiary/aromatic N) is 5. The topological polar surface area (TPSA) is 136 Å². The molecule has 1 atom stereocenters. The van der Waals surface area contributed by atoms with E-state index in [1.165, 1.54) is 21.7 Å². The summed E-state index contributed by atoms with van der Waals surface area (Å²) in [5.74, 6) is -0.306. The number of carbonyl (C=O) groups excluding carboxylic acids is 2. The highest BCUT2D eigenvalue weighted by Gasteiger charge is 2.50. The molecule has 0 spiro atoms. The van der Waals surface area contributed by atoms with Gasteiger partial charge in [-0.2, -0.15) is 9.57 Å². The number of rotatable bonds is 10. The largest absolute Gasteiger partial charge is 0.357 e. The maximum Gasteiger partial charge on any atom is 0.254 e. The van der Waals surface area contributed by atoms with Crippen LogP contribution >= 0.6 is 11.3 Å². The fraction of sp³-hybridized carbons (Fsp3) is 0.242. The van der Waals surface area contributed by atoms with E-state index in [-0.39, 0.29) is 30.7 Å². The molecule has 4 aromatic rings. The summed E-state index contributed by atoms with van der Waals surface area (Å²) in [5, 5.41) is 14.4. The minimum atomic E-state index is -3.62. The number of sulfonamides is 1. The smallest absolute Gasteiger partial charge is 0.254 e. The van der Waals surface area contributed by atoms with Gasteiger partial charge >= 0.3 is 0 Å². The molecular weight excluding hydrogens is 609 g/mol. The van der Waals surface area contributed by atoms with Crippen LogP contribution in [0.2, 0.25) is 0 Å². The number of nitrogens with one attached hydrogen (secondary N) is 1. The van der Waals surface area contributed by atoms with Crippen molar-refractivity contribution in [1.82, 2.24) is 24.5 Å². The first-order valence-corrected chi connectivity index (χ1v) is 16.8. The van der Waals surface area contributed by atoms with Crippen LogP contribution in [0.1, 0.15) is 33.5 Å². The summed E-state index contributed by atoms with van der Waals surface area (Å²) in [5.41, 5.74) is 1.49. The van der Waals surface area contributed by atoms with Crippen LogP contribution in [0.15, 0.2) is 107 Å². The molecule has 2 saturated heterocycles. The van der Waals surface area contributed by atoms with Gasteiger partial charge in [-0.3, -0.25) is 24.5 Å². The Morgan fingerprint density at radius 2 is 1.67 bits per heavy atom. The van der Waals surface area contributed by atoms with Gasteiger partial charge in [0.1, 0.15) is 15.6 Å². The van der Waals surface area contributed by atoms with E-state index in [0.29, 0.717) is 47.0 Å². The van der Waals surface area contributed by atoms with Gasteiger partial charge in [-0.25, -0.2) is 8.42 Å². The Bertz CT molecular complexity index is 1810. The normalized spacial score (nSPS) is 19.0. The average molecular weight is 639 g/mol. The number of aromatic nitrogens is 2. The molecule has 2 aliphatic heterocycles. The first-order chi connectivity index (χ1) is 21.8. The van der Waals surface area contributed by atoms with Gasteiger partial charge in [0.2, 0.25) is 0 Å². The molecule has 1 aromatic carbocycles. The van der Waals surface area contributed by atoms with Crippen LogP contribution in [-0.4, -0.2) is 64.5 Å². The molecular formula is C33H30N6O4S2. The van der Waals surface area contributed by atoms with Gasteiger partial charge in [-0.05, 0) is 83.4 Å². The minimum Gasteiger partial charge on any atom is -0.357 e. The Kier molecular flexibility index (Phi) is 8.58. The van der Waals surface area contributed by atoms with E-state index >= 15 is 0 Å². The number of benzene rings is 1. The van der Waals surface area contributed by atoms with E-state index < -0.39 is 15.6 Å². The van der Waals surface area contributed by atoms with Gasteiger partial charge in [0.05, 0.1) is 11.6 Å². The molecule has 228 valence electrons. The molecule has 0 bridgehead atoms. The van der Waals surface area contributed by atoms with Crippen molar-refractivity contribution in [2.24, 2.45) is 5.92 Å². The number of ketones is 1. The summed E-state index contributed by atoms with van der Waals surface area (Å²) in [7, 11) is -3.62. The second-order valence-corrected chi connectivity index (χ2v) is 14.3. The van der Waals surface area contributed by atoms with Crippen molar-refractivity contribution in [3.8, 4) is 6.07 Å². The summed E-state index contributed by atoms with van der Waals surface area (Å²) in [6, 6.07) is 19.2. The number of amides is 1. The molecule has 10 nitrogen and oxygen atoms in total. The van der Waals surface area contributed by atoms with E-state index in [1.54, 1.807) is 71.5 Å². The first kappa shape index (κ1) is 30.3. The molecule has 5 heterocycles. The Hall–Kier alpha value is -4.70. The van der Waals surface area contributed by atoms with E-state index in [2.05, 4.69) is 21.4 Å². The molecule has 45 heavy (non-hydrogen) atoms. The number of hydrogen-bond acceptors (Lipinski definition) is 9. The van der Waals surface area contributed by atoms with Crippen LogP contribution in [0.25, 0.3) is 0 Å². The molecule has 0 saturated carbocycles. The fourth-order valence-corrected chi connectivity index (χ4v) is 8.58. The summed E-state index contributed by atoms with van der Waals surface area (Å²) in [6.07, 6.45) is 9.39. The van der Waals surface area contributed by atoms with Gasteiger partial charge in [-0.1, -0.05) is 6.07 Å². The third-order valence-electron chi connectivity index (χ3n) is 8.17. The zero-order valence-corrected chi connectivity index (χ0v) is 25.9. The van der Waals surface area contributed by atoms with Crippen molar-refractivity contribution in [3.63, 3.8) is 0 Å². The molecule has 2 fully saturated rings. The maximum absolute atomic E-state index is 14.6. The second-order valence-electron chi connectivity index (χ2n) is 11.2. The molecule has 0 radical (unpaired) electrons. The van der Waals surface area contributed by atoms with Gasteiger partial charge in [0.15, 0.2) is 5.78 Å². The molecule has 1 unspecified atom stereocenters. The van der Waals surface area contributed by atoms with Gasteiger partial charge in [0, 0.05) is 68.9 Å². The highest BCUT2D eigenvalue weighted by atomic mass is 32.2. The molecule has 12 heteroatoms. The van der Waals surface area contributed by atoms with Crippen LogP contribution in [0.3, 0.4) is 0 Å². The number of nitriles is 1. The van der Waals surface area contributed by atoms with Gasteiger partial charge in [-0.15, -0.1) is 11.3 Å². The lowest BCUT2D eigenvalue weighted by Gasteiger charge is -2.28. The third kappa shape index (κ3) is 6.42. The first-order valence-electron chi connectivity index (χ1n) is 14.5. The molecule has 3 aromatic heterocycles. The predicted molar refractivity (Wildman–Crippen MR) is 168 cm³/mol. The van der Waals surface area contributed by atoms with Crippen molar-refractivity contribution in [2.45, 2.75) is 29.0 Å². The van der Waals surface area contributed by atoms with E-state index in [0.717, 1.165) is 11.1 Å². The summed E-state index contributed by atoms with van der Waals surface area (Å²) < 4.78 is 28.2. The monoisotopic (exact) mass is 638 g/mol. The number of thiophene rings is 1. The van der Waals surface area contributed by atoms with Crippen molar-refractivity contribution in [2.75, 3.05) is 19.6 Å². The number of allylic oxidation sites excluding steroid dienone is 1. The Morgan fingerprint density at radius 3 is 2.24 bits per heavy atom. The highest BCUT2D eigenvalue weighted by molar-refractivity contribution is 7.91. The summed E-state index contributed by atoms with van der Waals surface area (Å²) in [6.45, 7) is 0.856. The Balaban J connectivity index is 1.34. The van der Waals surface area contributed by atoms with E-state index in [4.69, 9.17) is 5.26 Å². The summed E-state index contributed by atoms with van der Waals surface area (Å²) >= 11 is 1.18. The standard InChI is InChI=1S/C33H30N6O4S2/c34-21-26-3-5-28(6-4-26)29(40)18-30-37-33(19-24-7-12-35-13-8-24,20-25-9-14-36-15-10-25)32(41)39(30)23-27-11-16-38(22-27)45(42,43)31-2-1-17-44-31/h1-10,12-15,17-18,27,37H,11,16,19-20,22-23H2. The molecule has 2 aliphatic rings. The van der Waals surface area contributed by atoms with Crippen molar-refractivity contribution >= 4 is 33.1 Å². The molecule has 1 amide bonds. The number of carbonyl (C=O) groups is 2. The van der Waals surface area contributed by atoms with Gasteiger partial charge in [0.25, 0.3) is 15.9 Å². The summed E-state index contributed by atoms with van der Waals surface area (Å²) in [4.78, 5) is 38.0. The maximum atomic E-state index is 14.6. The number of pyridine rings is 2. The lowest BCUT2D eigenvalue weighted by atomic mass is 9.85. The molecule has 6 rings (SSSR count). The zero-order valence-electron chi connectivity index (χ0n) is 24.2. The van der Waals surface area contributed by atoms with Gasteiger partial charge < -0.3 is 5.32 Å². The van der Waals surface area contributed by atoms with Crippen molar-refractivity contribution < 1.29 is 18.0 Å². The van der Waals surface area contributed by atoms with Crippen LogP contribution in [0.5, 0.6) is 0 Å². The van der Waals surface area contributed by atoms with Crippen molar-refractivity contribution in [1.29, 1.82) is 5.26 Å². The third-order valence-corrected chi connectivity index (χ3v) is 11.4. The van der Waals surface area contributed by atoms with Crippen LogP contribution in [0.4, 0.5) is 0 Å².